The molecule has 1 N–H and O–H groups in total. The normalized spacial score (nSPS) is 12.1. The molecule has 0 aliphatic carbocycles. The van der Waals surface area contributed by atoms with Crippen LogP contribution >= 0.6 is 15.9 Å². The van der Waals surface area contributed by atoms with E-state index in [9.17, 15) is 9.18 Å². The zero-order valence-corrected chi connectivity index (χ0v) is 16.4. The zero-order valence-electron chi connectivity index (χ0n) is 14.8. The number of halogens is 2. The zero-order chi connectivity index (χ0) is 19.7. The Morgan fingerprint density at radius 1 is 1.11 bits per heavy atom. The summed E-state index contributed by atoms with van der Waals surface area (Å²) in [5.41, 5.74) is 2.66. The molecule has 0 aliphatic heterocycles. The summed E-state index contributed by atoms with van der Waals surface area (Å²) >= 11 is 3.30. The lowest BCUT2D eigenvalue weighted by molar-refractivity contribution is 0.0941. The van der Waals surface area contributed by atoms with Gasteiger partial charge in [0.05, 0.1) is 35.2 Å². The molecule has 4 rings (SSSR count). The topological polar surface area (TPSA) is 72.7 Å². The number of amides is 1. The molecular weight excluding hydrogens is 425 g/mol. The molecule has 1 aromatic carbocycles. The van der Waals surface area contributed by atoms with Crippen molar-refractivity contribution in [3.05, 3.63) is 82.7 Å². The second kappa shape index (κ2) is 7.47. The number of carbonyl (C=O) groups excluding carboxylic acids is 1. The van der Waals surface area contributed by atoms with E-state index in [2.05, 4.69) is 36.3 Å². The molecule has 28 heavy (non-hydrogen) atoms. The molecule has 0 radical (unpaired) electrons. The van der Waals surface area contributed by atoms with Crippen LogP contribution in [0.2, 0.25) is 0 Å². The van der Waals surface area contributed by atoms with Gasteiger partial charge in [-0.2, -0.15) is 5.10 Å². The van der Waals surface area contributed by atoms with E-state index >= 15 is 0 Å². The molecule has 3 heterocycles. The first-order valence-electron chi connectivity index (χ1n) is 8.53. The van der Waals surface area contributed by atoms with Crippen LogP contribution in [0.5, 0.6) is 0 Å². The van der Waals surface area contributed by atoms with Gasteiger partial charge in [0.1, 0.15) is 10.4 Å². The lowest BCUT2D eigenvalue weighted by atomic mass is 10.1. The minimum absolute atomic E-state index is 0.226. The van der Waals surface area contributed by atoms with E-state index in [1.807, 2.05) is 19.1 Å². The van der Waals surface area contributed by atoms with Crippen LogP contribution in [-0.4, -0.2) is 25.7 Å². The molecule has 4 aromatic rings. The molecule has 1 amide bonds. The molecule has 6 nitrogen and oxygen atoms in total. The lowest BCUT2D eigenvalue weighted by Gasteiger charge is -2.14. The number of fused-ring (bicyclic) bond motifs is 1. The Hall–Kier alpha value is -3.13. The summed E-state index contributed by atoms with van der Waals surface area (Å²) in [6.07, 6.45) is 6.47. The summed E-state index contributed by atoms with van der Waals surface area (Å²) in [7, 11) is 0. The van der Waals surface area contributed by atoms with Crippen molar-refractivity contribution in [3.8, 4) is 5.69 Å². The van der Waals surface area contributed by atoms with Gasteiger partial charge in [0, 0.05) is 17.8 Å². The van der Waals surface area contributed by atoms with Crippen LogP contribution in [0, 0.1) is 5.82 Å². The summed E-state index contributed by atoms with van der Waals surface area (Å²) in [5.74, 6) is -0.581. The third-order valence-electron chi connectivity index (χ3n) is 4.41. The molecule has 8 heteroatoms. The quantitative estimate of drug-likeness (QED) is 0.483. The number of benzene rings is 1. The first-order valence-corrected chi connectivity index (χ1v) is 9.32. The second-order valence-corrected chi connectivity index (χ2v) is 7.07. The highest BCUT2D eigenvalue weighted by Gasteiger charge is 2.17. The van der Waals surface area contributed by atoms with E-state index in [0.29, 0.717) is 22.2 Å². The molecule has 0 saturated heterocycles. The van der Waals surface area contributed by atoms with Crippen LogP contribution in [0.4, 0.5) is 4.39 Å². The summed E-state index contributed by atoms with van der Waals surface area (Å²) in [6, 6.07) is 9.46. The van der Waals surface area contributed by atoms with Gasteiger partial charge in [0.2, 0.25) is 0 Å². The first-order chi connectivity index (χ1) is 13.5. The van der Waals surface area contributed by atoms with Crippen molar-refractivity contribution >= 4 is 32.7 Å². The van der Waals surface area contributed by atoms with Gasteiger partial charge in [0.15, 0.2) is 0 Å². The number of hydrogen-bond acceptors (Lipinski definition) is 4. The molecule has 0 spiro atoms. The van der Waals surface area contributed by atoms with Crippen molar-refractivity contribution in [1.82, 2.24) is 25.1 Å². The van der Waals surface area contributed by atoms with Crippen LogP contribution in [0.15, 0.2) is 65.8 Å². The van der Waals surface area contributed by atoms with Crippen molar-refractivity contribution in [2.24, 2.45) is 0 Å². The summed E-state index contributed by atoms with van der Waals surface area (Å²) < 4.78 is 15.6. The van der Waals surface area contributed by atoms with Crippen molar-refractivity contribution in [2.45, 2.75) is 13.0 Å². The van der Waals surface area contributed by atoms with Crippen LogP contribution in [-0.2, 0) is 0 Å². The Bertz CT molecular complexity index is 1140. The van der Waals surface area contributed by atoms with Gasteiger partial charge in [-0.25, -0.2) is 14.1 Å². The standard InChI is InChI=1S/C20H15BrFN5O/c1-12(13-2-7-19(21)24-8-13)26-20(28)17-9-23-11-18-16(17)10-25-27(18)15-5-3-14(22)4-6-15/h2-12H,1H3,(H,26,28). The van der Waals surface area contributed by atoms with Crippen LogP contribution in [0.3, 0.4) is 0 Å². The highest BCUT2D eigenvalue weighted by molar-refractivity contribution is 9.10. The van der Waals surface area contributed by atoms with Gasteiger partial charge in [-0.1, -0.05) is 6.07 Å². The Balaban J connectivity index is 1.64. The number of rotatable bonds is 4. The van der Waals surface area contributed by atoms with E-state index < -0.39 is 0 Å². The molecule has 0 fully saturated rings. The number of hydrogen-bond donors (Lipinski definition) is 1. The number of nitrogens with one attached hydrogen (secondary N) is 1. The monoisotopic (exact) mass is 439 g/mol. The fourth-order valence-corrected chi connectivity index (χ4v) is 3.15. The minimum atomic E-state index is -0.324. The molecule has 1 unspecified atom stereocenters. The maximum Gasteiger partial charge on any atom is 0.254 e. The molecule has 0 aliphatic rings. The Kier molecular flexibility index (Phi) is 4.87. The molecule has 0 bridgehead atoms. The summed E-state index contributed by atoms with van der Waals surface area (Å²) in [6.45, 7) is 1.89. The SMILES string of the molecule is CC(NC(=O)c1cncc2c1cnn2-c1ccc(F)cc1)c1ccc(Br)nc1. The predicted molar refractivity (Wildman–Crippen MR) is 107 cm³/mol. The Morgan fingerprint density at radius 3 is 2.61 bits per heavy atom. The number of pyridine rings is 2. The Morgan fingerprint density at radius 2 is 1.89 bits per heavy atom. The maximum absolute atomic E-state index is 13.2. The van der Waals surface area contributed by atoms with Crippen LogP contribution in [0.1, 0.15) is 28.9 Å². The first kappa shape index (κ1) is 18.2. The average molecular weight is 440 g/mol. The van der Waals surface area contributed by atoms with Crippen molar-refractivity contribution < 1.29 is 9.18 Å². The van der Waals surface area contributed by atoms with Gasteiger partial charge in [0.25, 0.3) is 5.91 Å². The predicted octanol–water partition coefficient (Wildman–Crippen LogP) is 4.21. The van der Waals surface area contributed by atoms with Crippen LogP contribution < -0.4 is 5.32 Å². The smallest absolute Gasteiger partial charge is 0.254 e. The summed E-state index contributed by atoms with van der Waals surface area (Å²) in [4.78, 5) is 21.2. The second-order valence-electron chi connectivity index (χ2n) is 6.26. The lowest BCUT2D eigenvalue weighted by Crippen LogP contribution is -2.27. The fourth-order valence-electron chi connectivity index (χ4n) is 2.91. The van der Waals surface area contributed by atoms with Gasteiger partial charge in [-0.3, -0.25) is 9.78 Å². The van der Waals surface area contributed by atoms with Crippen molar-refractivity contribution in [2.75, 3.05) is 0 Å². The van der Waals surface area contributed by atoms with Crippen molar-refractivity contribution in [1.29, 1.82) is 0 Å². The highest BCUT2D eigenvalue weighted by atomic mass is 79.9. The van der Waals surface area contributed by atoms with Gasteiger partial charge >= 0.3 is 0 Å². The van der Waals surface area contributed by atoms with E-state index in [4.69, 9.17) is 0 Å². The average Bonchev–Trinajstić information content (AvgIpc) is 3.13. The summed E-state index contributed by atoms with van der Waals surface area (Å²) in [5, 5.41) is 7.97. The molecule has 140 valence electrons. The van der Waals surface area contributed by atoms with Crippen molar-refractivity contribution in [3.63, 3.8) is 0 Å². The molecular formula is C20H15BrFN5O. The van der Waals surface area contributed by atoms with E-state index in [1.165, 1.54) is 18.3 Å². The third-order valence-corrected chi connectivity index (χ3v) is 4.88. The van der Waals surface area contributed by atoms with Gasteiger partial charge in [-0.05, 0) is 58.7 Å². The number of nitrogens with zero attached hydrogens (tertiary/aromatic N) is 4. The van der Waals surface area contributed by atoms with E-state index in [0.717, 1.165) is 10.2 Å². The minimum Gasteiger partial charge on any atom is -0.345 e. The largest absolute Gasteiger partial charge is 0.345 e. The fraction of sp³-hybridized carbons (Fsp3) is 0.100. The number of carbonyl (C=O) groups is 1. The van der Waals surface area contributed by atoms with Gasteiger partial charge in [-0.15, -0.1) is 0 Å². The van der Waals surface area contributed by atoms with Crippen LogP contribution in [0.25, 0.3) is 16.6 Å². The number of aromatic nitrogens is 4. The van der Waals surface area contributed by atoms with E-state index in [1.54, 1.807) is 35.4 Å². The molecule has 3 aromatic heterocycles. The highest BCUT2D eigenvalue weighted by Crippen LogP contribution is 2.22. The maximum atomic E-state index is 13.2. The molecule has 0 saturated carbocycles. The third kappa shape index (κ3) is 3.50. The van der Waals surface area contributed by atoms with E-state index in [-0.39, 0.29) is 17.8 Å². The Labute approximate surface area is 168 Å². The van der Waals surface area contributed by atoms with Gasteiger partial charge < -0.3 is 5.32 Å². The molecule has 1 atom stereocenters.